The molecule has 17 heavy (non-hydrogen) atoms. The van der Waals surface area contributed by atoms with Crippen molar-refractivity contribution in [1.82, 2.24) is 10.6 Å². The van der Waals surface area contributed by atoms with Crippen LogP contribution in [0.1, 0.15) is 23.8 Å². The highest BCUT2D eigenvalue weighted by Gasteiger charge is 2.04. The summed E-state index contributed by atoms with van der Waals surface area (Å²) in [6.07, 6.45) is 0.916. The molecule has 92 valence electrons. The Morgan fingerprint density at radius 2 is 2.35 bits per heavy atom. The molecule has 0 atom stereocenters. The fourth-order valence-electron chi connectivity index (χ4n) is 1.19. The highest BCUT2D eigenvalue weighted by Crippen LogP contribution is 2.15. The number of rotatable bonds is 4. The topological polar surface area (TPSA) is 61.4 Å². The first-order chi connectivity index (χ1) is 8.27. The molecule has 5 heteroatoms. The van der Waals surface area contributed by atoms with Gasteiger partial charge in [-0.05, 0) is 17.9 Å². The van der Waals surface area contributed by atoms with Gasteiger partial charge in [-0.25, -0.2) is 4.79 Å². The number of hydrogen-bond acceptors (Lipinski definition) is 3. The van der Waals surface area contributed by atoms with Crippen molar-refractivity contribution in [1.29, 1.82) is 0 Å². The summed E-state index contributed by atoms with van der Waals surface area (Å²) >= 11 is 1.54. The van der Waals surface area contributed by atoms with Crippen LogP contribution in [0.15, 0.2) is 11.4 Å². The molecule has 0 aliphatic rings. The molecule has 0 aliphatic carbocycles. The molecule has 0 aromatic carbocycles. The van der Waals surface area contributed by atoms with Gasteiger partial charge in [-0.15, -0.1) is 11.3 Å². The largest absolute Gasteiger partial charge is 0.384 e. The number of aliphatic hydroxyl groups excluding tert-OH is 1. The van der Waals surface area contributed by atoms with Gasteiger partial charge in [0.25, 0.3) is 0 Å². The highest BCUT2D eigenvalue weighted by molar-refractivity contribution is 7.10. The first-order valence-corrected chi connectivity index (χ1v) is 6.33. The van der Waals surface area contributed by atoms with Crippen LogP contribution in [-0.2, 0) is 6.54 Å². The first-order valence-electron chi connectivity index (χ1n) is 5.45. The number of carbonyl (C=O) groups is 1. The Hall–Kier alpha value is -1.51. The Kier molecular flexibility index (Phi) is 6.15. The molecular weight excluding hydrogens is 236 g/mol. The zero-order chi connectivity index (χ0) is 12.5. The lowest BCUT2D eigenvalue weighted by Crippen LogP contribution is -2.35. The molecule has 0 unspecified atom stereocenters. The van der Waals surface area contributed by atoms with Crippen LogP contribution in [0.3, 0.4) is 0 Å². The van der Waals surface area contributed by atoms with Crippen LogP contribution < -0.4 is 10.6 Å². The summed E-state index contributed by atoms with van der Waals surface area (Å²) in [5, 5.41) is 16.0. The first kappa shape index (κ1) is 13.6. The van der Waals surface area contributed by atoms with E-state index in [9.17, 15) is 4.79 Å². The summed E-state index contributed by atoms with van der Waals surface area (Å²) in [5.74, 6) is 5.45. The summed E-state index contributed by atoms with van der Waals surface area (Å²) in [7, 11) is 0. The fourth-order valence-corrected chi connectivity index (χ4v) is 1.96. The van der Waals surface area contributed by atoms with Crippen molar-refractivity contribution in [3.8, 4) is 11.8 Å². The molecule has 1 rings (SSSR count). The van der Waals surface area contributed by atoms with Crippen LogP contribution in [-0.4, -0.2) is 24.3 Å². The van der Waals surface area contributed by atoms with Gasteiger partial charge in [0.1, 0.15) is 6.61 Å². The second-order valence-electron chi connectivity index (χ2n) is 3.33. The van der Waals surface area contributed by atoms with Crippen LogP contribution in [0.25, 0.3) is 0 Å². The van der Waals surface area contributed by atoms with Gasteiger partial charge in [-0.1, -0.05) is 18.8 Å². The average Bonchev–Trinajstić information content (AvgIpc) is 2.78. The number of thiophene rings is 1. The predicted octanol–water partition coefficient (Wildman–Crippen LogP) is 1.30. The molecule has 0 saturated carbocycles. The Morgan fingerprint density at radius 3 is 3.06 bits per heavy atom. The van der Waals surface area contributed by atoms with E-state index in [0.717, 1.165) is 16.9 Å². The lowest BCUT2D eigenvalue weighted by Gasteiger charge is -2.05. The molecular formula is C12H16N2O2S. The normalized spacial score (nSPS) is 9.29. The van der Waals surface area contributed by atoms with E-state index in [1.807, 2.05) is 18.4 Å². The molecule has 1 aromatic heterocycles. The van der Waals surface area contributed by atoms with E-state index in [0.29, 0.717) is 13.1 Å². The summed E-state index contributed by atoms with van der Waals surface area (Å²) < 4.78 is 0. The SMILES string of the molecule is CCCNC(=O)NCc1sccc1C#CCO. The minimum Gasteiger partial charge on any atom is -0.384 e. The van der Waals surface area contributed by atoms with Crippen molar-refractivity contribution in [3.63, 3.8) is 0 Å². The van der Waals surface area contributed by atoms with Gasteiger partial charge in [-0.2, -0.15) is 0 Å². The molecule has 1 aromatic rings. The van der Waals surface area contributed by atoms with Gasteiger partial charge in [-0.3, -0.25) is 0 Å². The van der Waals surface area contributed by atoms with Crippen LogP contribution in [0.2, 0.25) is 0 Å². The third-order valence-corrected chi connectivity index (χ3v) is 2.91. The zero-order valence-electron chi connectivity index (χ0n) is 9.75. The molecule has 0 fully saturated rings. The van der Waals surface area contributed by atoms with E-state index in [4.69, 9.17) is 5.11 Å². The van der Waals surface area contributed by atoms with Crippen molar-refractivity contribution >= 4 is 17.4 Å². The lowest BCUT2D eigenvalue weighted by molar-refractivity contribution is 0.240. The zero-order valence-corrected chi connectivity index (χ0v) is 10.6. The van der Waals surface area contributed by atoms with Gasteiger partial charge in [0.05, 0.1) is 6.54 Å². The number of nitrogens with one attached hydrogen (secondary N) is 2. The van der Waals surface area contributed by atoms with Crippen molar-refractivity contribution in [2.24, 2.45) is 0 Å². The lowest BCUT2D eigenvalue weighted by atomic mass is 10.2. The maximum absolute atomic E-state index is 11.3. The maximum Gasteiger partial charge on any atom is 0.315 e. The molecule has 0 spiro atoms. The quantitative estimate of drug-likeness (QED) is 0.707. The molecule has 2 amide bonds. The Labute approximate surface area is 105 Å². The molecule has 1 heterocycles. The minimum atomic E-state index is -0.165. The van der Waals surface area contributed by atoms with Crippen molar-refractivity contribution in [2.45, 2.75) is 19.9 Å². The van der Waals surface area contributed by atoms with Crippen LogP contribution >= 0.6 is 11.3 Å². The van der Waals surface area contributed by atoms with E-state index in [-0.39, 0.29) is 12.6 Å². The molecule has 0 bridgehead atoms. The van der Waals surface area contributed by atoms with Gasteiger partial charge in [0, 0.05) is 17.0 Å². The van der Waals surface area contributed by atoms with Gasteiger partial charge >= 0.3 is 6.03 Å². The smallest absolute Gasteiger partial charge is 0.315 e. The Balaban J connectivity index is 2.46. The Bertz CT molecular complexity index is 418. The van der Waals surface area contributed by atoms with Crippen molar-refractivity contribution < 1.29 is 9.90 Å². The van der Waals surface area contributed by atoms with Crippen molar-refractivity contribution in [2.75, 3.05) is 13.2 Å². The molecule has 0 saturated heterocycles. The van der Waals surface area contributed by atoms with Crippen LogP contribution in [0.5, 0.6) is 0 Å². The highest BCUT2D eigenvalue weighted by atomic mass is 32.1. The Morgan fingerprint density at radius 1 is 1.53 bits per heavy atom. The van der Waals surface area contributed by atoms with Crippen LogP contribution in [0.4, 0.5) is 4.79 Å². The number of hydrogen-bond donors (Lipinski definition) is 3. The second kappa shape index (κ2) is 7.71. The standard InChI is InChI=1S/C12H16N2O2S/c1-2-6-13-12(16)14-9-11-10(4-3-7-15)5-8-17-11/h5,8,15H,2,6-7,9H2,1H3,(H2,13,14,16). The summed E-state index contributed by atoms with van der Waals surface area (Å²) in [5.41, 5.74) is 0.861. The third kappa shape index (κ3) is 4.89. The molecule has 3 N–H and O–H groups in total. The summed E-state index contributed by atoms with van der Waals surface area (Å²) in [4.78, 5) is 12.3. The monoisotopic (exact) mass is 252 g/mol. The van der Waals surface area contributed by atoms with Gasteiger partial charge in [0.15, 0.2) is 0 Å². The number of urea groups is 1. The molecule has 0 aliphatic heterocycles. The van der Waals surface area contributed by atoms with E-state index in [1.54, 1.807) is 0 Å². The third-order valence-electron chi connectivity index (χ3n) is 1.99. The number of carbonyl (C=O) groups excluding carboxylic acids is 1. The van der Waals surface area contributed by atoms with Gasteiger partial charge < -0.3 is 15.7 Å². The van der Waals surface area contributed by atoms with E-state index in [2.05, 4.69) is 22.5 Å². The molecule has 4 nitrogen and oxygen atoms in total. The minimum absolute atomic E-state index is 0.153. The number of amides is 2. The summed E-state index contributed by atoms with van der Waals surface area (Å²) in [6.45, 7) is 2.98. The molecule has 0 radical (unpaired) electrons. The maximum atomic E-state index is 11.3. The predicted molar refractivity (Wildman–Crippen MR) is 68.8 cm³/mol. The van der Waals surface area contributed by atoms with Gasteiger partial charge in [0.2, 0.25) is 0 Å². The fraction of sp³-hybridized carbons (Fsp3) is 0.417. The van der Waals surface area contributed by atoms with Crippen LogP contribution in [0, 0.1) is 11.8 Å². The van der Waals surface area contributed by atoms with E-state index >= 15 is 0 Å². The van der Waals surface area contributed by atoms with E-state index < -0.39 is 0 Å². The van der Waals surface area contributed by atoms with Crippen molar-refractivity contribution in [3.05, 3.63) is 21.9 Å². The van der Waals surface area contributed by atoms with E-state index in [1.165, 1.54) is 11.3 Å². The number of aliphatic hydroxyl groups is 1. The second-order valence-corrected chi connectivity index (χ2v) is 4.33. The summed E-state index contributed by atoms with van der Waals surface area (Å²) in [6, 6.07) is 1.72. The average molecular weight is 252 g/mol.